The fourth-order valence-electron chi connectivity index (χ4n) is 1.60. The largest absolute Gasteiger partial charge is 0.464 e. The van der Waals surface area contributed by atoms with Crippen LogP contribution in [0, 0.1) is 0 Å². The first-order valence-corrected chi connectivity index (χ1v) is 8.19. The van der Waals surface area contributed by atoms with E-state index in [1.54, 1.807) is 0 Å². The number of amides is 1. The van der Waals surface area contributed by atoms with Crippen LogP contribution < -0.4 is 5.32 Å². The number of carbonyl (C=O) groups excluding carboxylic acids is 3. The van der Waals surface area contributed by atoms with Crippen molar-refractivity contribution in [2.45, 2.75) is 55.4 Å². The summed E-state index contributed by atoms with van der Waals surface area (Å²) in [6.07, 6.45) is -14.2. The van der Waals surface area contributed by atoms with E-state index < -0.39 is 73.1 Å². The molecule has 0 saturated heterocycles. The summed E-state index contributed by atoms with van der Waals surface area (Å²) in [5.41, 5.74) is 0. The third-order valence-electron chi connectivity index (χ3n) is 3.46. The van der Waals surface area contributed by atoms with Crippen molar-refractivity contribution in [2.75, 3.05) is 13.2 Å². The minimum atomic E-state index is -7.07. The standard InChI is InChI=1S/C14H11F14NO5/c1-2-3-33-6(30)5(29-7(31)9(15,16)11(19,20)13(23,24)25)4-34-8(32)10(17,18)12(21,22)14(26,27)28/h5H,2-4H2,1H3,(H,29,31)/t5-/m0/s1. The van der Waals surface area contributed by atoms with Crippen LogP contribution in [-0.2, 0) is 23.9 Å². The zero-order valence-electron chi connectivity index (χ0n) is 16.0. The molecule has 0 aromatic heterocycles. The highest BCUT2D eigenvalue weighted by Crippen LogP contribution is 2.48. The van der Waals surface area contributed by atoms with E-state index in [2.05, 4.69) is 9.47 Å². The van der Waals surface area contributed by atoms with Gasteiger partial charge in [-0.2, -0.15) is 61.5 Å². The second-order valence-electron chi connectivity index (χ2n) is 6.09. The Hall–Kier alpha value is -2.57. The molecule has 20 heteroatoms. The maximum absolute atomic E-state index is 13.4. The summed E-state index contributed by atoms with van der Waals surface area (Å²) in [4.78, 5) is 33.9. The fourth-order valence-corrected chi connectivity index (χ4v) is 1.60. The van der Waals surface area contributed by atoms with Gasteiger partial charge in [-0.15, -0.1) is 0 Å². The summed E-state index contributed by atoms with van der Waals surface area (Å²) in [5.74, 6) is -37.0. The molecule has 0 bridgehead atoms. The molecular formula is C14H11F14NO5. The minimum Gasteiger partial charge on any atom is -0.464 e. The quantitative estimate of drug-likeness (QED) is 0.339. The number of alkyl halides is 14. The molecule has 0 heterocycles. The lowest BCUT2D eigenvalue weighted by Crippen LogP contribution is -2.62. The number of hydrogen-bond acceptors (Lipinski definition) is 5. The van der Waals surface area contributed by atoms with Gasteiger partial charge < -0.3 is 14.8 Å². The van der Waals surface area contributed by atoms with Crippen molar-refractivity contribution in [3.05, 3.63) is 0 Å². The van der Waals surface area contributed by atoms with Crippen LogP contribution in [0.3, 0.4) is 0 Å². The van der Waals surface area contributed by atoms with Crippen LogP contribution >= 0.6 is 0 Å². The van der Waals surface area contributed by atoms with Gasteiger partial charge in [-0.25, -0.2) is 9.59 Å². The predicted octanol–water partition coefficient (Wildman–Crippen LogP) is 3.63. The van der Waals surface area contributed by atoms with Crippen molar-refractivity contribution >= 4 is 17.8 Å². The summed E-state index contributed by atoms with van der Waals surface area (Å²) >= 11 is 0. The highest BCUT2D eigenvalue weighted by Gasteiger charge is 2.78. The SMILES string of the molecule is CCCOC(=O)[C@H](COC(=O)C(F)(F)C(F)(F)C(F)(F)F)NC(=O)C(F)(F)C(F)(F)C(F)(F)F. The summed E-state index contributed by atoms with van der Waals surface area (Å²) in [5, 5.41) is 0.445. The molecule has 0 aromatic rings. The lowest BCUT2D eigenvalue weighted by atomic mass is 10.1. The molecule has 200 valence electrons. The summed E-state index contributed by atoms with van der Waals surface area (Å²) in [6, 6.07) is -3.12. The molecule has 0 aromatic carbocycles. The predicted molar refractivity (Wildman–Crippen MR) is 76.0 cm³/mol. The van der Waals surface area contributed by atoms with E-state index in [0.717, 1.165) is 0 Å². The van der Waals surface area contributed by atoms with Gasteiger partial charge in [-0.05, 0) is 6.42 Å². The Bertz CT molecular complexity index is 761. The molecule has 0 rings (SSSR count). The van der Waals surface area contributed by atoms with Gasteiger partial charge >= 0.3 is 48.0 Å². The molecule has 0 radical (unpaired) electrons. The van der Waals surface area contributed by atoms with Gasteiger partial charge in [0.25, 0.3) is 5.91 Å². The Balaban J connectivity index is 5.84. The van der Waals surface area contributed by atoms with Gasteiger partial charge in [0, 0.05) is 0 Å². The first kappa shape index (κ1) is 31.4. The molecule has 6 nitrogen and oxygen atoms in total. The van der Waals surface area contributed by atoms with Gasteiger partial charge in [0.15, 0.2) is 6.04 Å². The van der Waals surface area contributed by atoms with Crippen LogP contribution in [-0.4, -0.2) is 73.1 Å². The van der Waals surface area contributed by atoms with E-state index in [4.69, 9.17) is 0 Å². The zero-order chi connectivity index (χ0) is 27.6. The van der Waals surface area contributed by atoms with Crippen molar-refractivity contribution < 1.29 is 85.3 Å². The Labute approximate surface area is 178 Å². The van der Waals surface area contributed by atoms with Crippen LogP contribution in [0.15, 0.2) is 0 Å². The normalized spacial score (nSPS) is 14.9. The van der Waals surface area contributed by atoms with E-state index in [9.17, 15) is 75.8 Å². The Morgan fingerprint density at radius 3 is 1.50 bits per heavy atom. The van der Waals surface area contributed by atoms with Crippen LogP contribution in [0.2, 0.25) is 0 Å². The second kappa shape index (κ2) is 9.96. The number of hydrogen-bond donors (Lipinski definition) is 1. The molecule has 0 spiro atoms. The molecule has 1 atom stereocenters. The molecule has 1 N–H and O–H groups in total. The van der Waals surface area contributed by atoms with Gasteiger partial charge in [0.1, 0.15) is 6.61 Å². The molecule has 0 aliphatic heterocycles. The molecule has 0 unspecified atom stereocenters. The lowest BCUT2D eigenvalue weighted by molar-refractivity contribution is -0.348. The first-order valence-electron chi connectivity index (χ1n) is 8.19. The molecular weight excluding hydrogens is 528 g/mol. The zero-order valence-corrected chi connectivity index (χ0v) is 16.0. The van der Waals surface area contributed by atoms with Crippen molar-refractivity contribution in [3.63, 3.8) is 0 Å². The van der Waals surface area contributed by atoms with E-state index in [1.807, 2.05) is 0 Å². The van der Waals surface area contributed by atoms with E-state index in [-0.39, 0.29) is 6.42 Å². The average Bonchev–Trinajstić information content (AvgIpc) is 2.66. The number of rotatable bonds is 10. The second-order valence-corrected chi connectivity index (χ2v) is 6.09. The topological polar surface area (TPSA) is 81.7 Å². The van der Waals surface area contributed by atoms with Gasteiger partial charge in [-0.3, -0.25) is 4.79 Å². The average molecular weight is 539 g/mol. The number of esters is 2. The monoisotopic (exact) mass is 539 g/mol. The maximum atomic E-state index is 13.4. The van der Waals surface area contributed by atoms with Crippen molar-refractivity contribution in [2.24, 2.45) is 0 Å². The Kier molecular flexibility index (Phi) is 9.21. The Morgan fingerprint density at radius 2 is 1.12 bits per heavy atom. The van der Waals surface area contributed by atoms with Crippen LogP contribution in [0.25, 0.3) is 0 Å². The summed E-state index contributed by atoms with van der Waals surface area (Å²) in [7, 11) is 0. The smallest absolute Gasteiger partial charge is 0.460 e. The molecule has 0 fully saturated rings. The number of ether oxygens (including phenoxy) is 2. The van der Waals surface area contributed by atoms with Gasteiger partial charge in [-0.1, -0.05) is 6.92 Å². The summed E-state index contributed by atoms with van der Waals surface area (Å²) < 4.78 is 184. The third-order valence-corrected chi connectivity index (χ3v) is 3.46. The number of nitrogens with one attached hydrogen (secondary N) is 1. The lowest BCUT2D eigenvalue weighted by Gasteiger charge is -2.29. The molecule has 0 saturated carbocycles. The van der Waals surface area contributed by atoms with Gasteiger partial charge in [0.2, 0.25) is 0 Å². The van der Waals surface area contributed by atoms with Crippen molar-refractivity contribution in [3.8, 4) is 0 Å². The number of halogens is 14. The van der Waals surface area contributed by atoms with Crippen molar-refractivity contribution in [1.29, 1.82) is 0 Å². The first-order chi connectivity index (χ1) is 14.9. The molecule has 1 amide bonds. The summed E-state index contributed by atoms with van der Waals surface area (Å²) in [6.45, 7) is -1.75. The van der Waals surface area contributed by atoms with Crippen LogP contribution in [0.5, 0.6) is 0 Å². The van der Waals surface area contributed by atoms with Crippen LogP contribution in [0.4, 0.5) is 61.5 Å². The van der Waals surface area contributed by atoms with E-state index in [0.29, 0.717) is 5.32 Å². The fraction of sp³-hybridized carbons (Fsp3) is 0.786. The van der Waals surface area contributed by atoms with Crippen LogP contribution in [0.1, 0.15) is 13.3 Å². The minimum absolute atomic E-state index is 0.107. The molecule has 0 aliphatic carbocycles. The third kappa shape index (κ3) is 6.10. The van der Waals surface area contributed by atoms with Crippen molar-refractivity contribution in [1.82, 2.24) is 5.32 Å². The Morgan fingerprint density at radius 1 is 0.706 bits per heavy atom. The molecule has 34 heavy (non-hydrogen) atoms. The van der Waals surface area contributed by atoms with Gasteiger partial charge in [0.05, 0.1) is 6.61 Å². The van der Waals surface area contributed by atoms with E-state index in [1.165, 1.54) is 6.92 Å². The van der Waals surface area contributed by atoms with E-state index >= 15 is 0 Å². The maximum Gasteiger partial charge on any atom is 0.460 e. The number of carbonyl (C=O) groups is 3. The highest BCUT2D eigenvalue weighted by molar-refractivity contribution is 5.90. The molecule has 0 aliphatic rings. The highest BCUT2D eigenvalue weighted by atomic mass is 19.4.